The Morgan fingerprint density at radius 2 is 2.16 bits per heavy atom. The van der Waals surface area contributed by atoms with Gasteiger partial charge >= 0.3 is 0 Å². The average Bonchev–Trinajstić information content (AvgIpc) is 2.87. The molecular formula is C14H15FN2OS. The van der Waals surface area contributed by atoms with Crippen LogP contribution in [0.15, 0.2) is 41.5 Å². The lowest BCUT2D eigenvalue weighted by atomic mass is 10.2. The number of nitrogens with two attached hydrogens (primary N) is 1. The van der Waals surface area contributed by atoms with Gasteiger partial charge in [-0.25, -0.2) is 9.37 Å². The number of nitrogens with zero attached hydrogens (tertiary/aromatic N) is 1. The number of hydrogen-bond donors (Lipinski definition) is 1. The first-order valence-electron chi connectivity index (χ1n) is 5.86. The Morgan fingerprint density at radius 1 is 1.42 bits per heavy atom. The van der Waals surface area contributed by atoms with Crippen molar-refractivity contribution in [3.63, 3.8) is 0 Å². The second-order valence-corrected chi connectivity index (χ2v) is 4.94. The van der Waals surface area contributed by atoms with Gasteiger partial charge in [0.1, 0.15) is 17.4 Å². The van der Waals surface area contributed by atoms with Crippen molar-refractivity contribution in [1.82, 2.24) is 4.98 Å². The molecule has 1 heterocycles. The highest BCUT2D eigenvalue weighted by atomic mass is 32.1. The summed E-state index contributed by atoms with van der Waals surface area (Å²) in [7, 11) is 0. The molecule has 0 saturated heterocycles. The molecule has 0 amide bonds. The summed E-state index contributed by atoms with van der Waals surface area (Å²) in [6.45, 7) is 2.30. The molecule has 5 heteroatoms. The van der Waals surface area contributed by atoms with Crippen LogP contribution in [0.3, 0.4) is 0 Å². The van der Waals surface area contributed by atoms with Crippen LogP contribution in [0, 0.1) is 6.92 Å². The minimum Gasteiger partial charge on any atom is -0.489 e. The van der Waals surface area contributed by atoms with Crippen molar-refractivity contribution in [1.29, 1.82) is 0 Å². The summed E-state index contributed by atoms with van der Waals surface area (Å²) in [5, 5.41) is 3.00. The largest absolute Gasteiger partial charge is 0.489 e. The van der Waals surface area contributed by atoms with E-state index in [0.717, 1.165) is 16.3 Å². The van der Waals surface area contributed by atoms with Crippen LogP contribution in [-0.4, -0.2) is 18.1 Å². The van der Waals surface area contributed by atoms with Crippen molar-refractivity contribution in [2.24, 2.45) is 5.73 Å². The molecule has 2 N–H and O–H groups in total. The topological polar surface area (TPSA) is 48.1 Å². The van der Waals surface area contributed by atoms with Crippen LogP contribution in [0.2, 0.25) is 0 Å². The van der Waals surface area contributed by atoms with Gasteiger partial charge < -0.3 is 10.5 Å². The fourth-order valence-electron chi connectivity index (χ4n) is 1.49. The van der Waals surface area contributed by atoms with Gasteiger partial charge in [-0.3, -0.25) is 0 Å². The first kappa shape index (κ1) is 13.7. The van der Waals surface area contributed by atoms with Crippen molar-refractivity contribution in [3.8, 4) is 16.3 Å². The van der Waals surface area contributed by atoms with Gasteiger partial charge in [-0.1, -0.05) is 0 Å². The number of halogens is 1. The molecule has 1 aromatic carbocycles. The molecule has 1 aromatic heterocycles. The highest BCUT2D eigenvalue weighted by molar-refractivity contribution is 7.13. The van der Waals surface area contributed by atoms with Crippen LogP contribution < -0.4 is 10.5 Å². The number of aryl methyl sites for hydroxylation is 1. The second-order valence-electron chi connectivity index (χ2n) is 4.08. The first-order valence-corrected chi connectivity index (χ1v) is 6.74. The van der Waals surface area contributed by atoms with Gasteiger partial charge in [-0.2, -0.15) is 0 Å². The molecule has 0 fully saturated rings. The summed E-state index contributed by atoms with van der Waals surface area (Å²) in [5.74, 6) is 0.685. The molecule has 0 saturated carbocycles. The van der Waals surface area contributed by atoms with E-state index in [0.29, 0.717) is 17.7 Å². The van der Waals surface area contributed by atoms with Crippen molar-refractivity contribution >= 4 is 11.3 Å². The molecule has 0 bridgehead atoms. The second kappa shape index (κ2) is 6.45. The molecule has 0 radical (unpaired) electrons. The van der Waals surface area contributed by atoms with E-state index in [2.05, 4.69) is 4.98 Å². The van der Waals surface area contributed by atoms with Crippen LogP contribution in [0.5, 0.6) is 5.75 Å². The van der Waals surface area contributed by atoms with E-state index < -0.39 is 0 Å². The Kier molecular flexibility index (Phi) is 4.65. The zero-order chi connectivity index (χ0) is 13.7. The standard InChI is InChI=1S/C14H15FN2OS/c1-10-9-19-14(17-10)12-2-4-13(5-3-12)18-8-11(6-15)7-16/h2-6,9H,7-8,16H2,1H3. The Hall–Kier alpha value is -1.72. The molecule has 2 rings (SSSR count). The highest BCUT2D eigenvalue weighted by Crippen LogP contribution is 2.25. The van der Waals surface area contributed by atoms with Crippen LogP contribution in [0.1, 0.15) is 5.69 Å². The predicted molar refractivity (Wildman–Crippen MR) is 76.0 cm³/mol. The van der Waals surface area contributed by atoms with Crippen molar-refractivity contribution in [3.05, 3.63) is 47.2 Å². The lowest BCUT2D eigenvalue weighted by molar-refractivity contribution is 0.347. The molecule has 19 heavy (non-hydrogen) atoms. The van der Waals surface area contributed by atoms with E-state index in [9.17, 15) is 4.39 Å². The zero-order valence-electron chi connectivity index (χ0n) is 10.6. The number of ether oxygens (including phenoxy) is 1. The maximum absolute atomic E-state index is 12.3. The summed E-state index contributed by atoms with van der Waals surface area (Å²) in [6, 6.07) is 7.57. The smallest absolute Gasteiger partial charge is 0.123 e. The van der Waals surface area contributed by atoms with Crippen LogP contribution in [-0.2, 0) is 0 Å². The number of hydrogen-bond acceptors (Lipinski definition) is 4. The quantitative estimate of drug-likeness (QED) is 0.912. The minimum absolute atomic E-state index is 0.160. The molecule has 0 unspecified atom stereocenters. The molecule has 0 aliphatic carbocycles. The molecule has 0 aliphatic rings. The summed E-state index contributed by atoms with van der Waals surface area (Å²) < 4.78 is 17.8. The lowest BCUT2D eigenvalue weighted by Crippen LogP contribution is -2.10. The van der Waals surface area contributed by atoms with Gasteiger partial charge in [0, 0.05) is 28.8 Å². The van der Waals surface area contributed by atoms with E-state index >= 15 is 0 Å². The molecule has 0 atom stereocenters. The third-order valence-electron chi connectivity index (χ3n) is 2.56. The highest BCUT2D eigenvalue weighted by Gasteiger charge is 2.03. The number of thiazole rings is 1. The molecular weight excluding hydrogens is 263 g/mol. The fourth-order valence-corrected chi connectivity index (χ4v) is 2.30. The Labute approximate surface area is 115 Å². The van der Waals surface area contributed by atoms with Gasteiger partial charge in [-0.15, -0.1) is 11.3 Å². The molecule has 2 aromatic rings. The Morgan fingerprint density at radius 3 is 2.68 bits per heavy atom. The minimum atomic E-state index is 0.160. The van der Waals surface area contributed by atoms with Crippen LogP contribution in [0.4, 0.5) is 4.39 Å². The summed E-state index contributed by atoms with van der Waals surface area (Å²) in [4.78, 5) is 4.41. The lowest BCUT2D eigenvalue weighted by Gasteiger charge is -2.07. The third-order valence-corrected chi connectivity index (χ3v) is 3.57. The fraction of sp³-hybridized carbons (Fsp3) is 0.214. The number of benzene rings is 1. The maximum Gasteiger partial charge on any atom is 0.123 e. The summed E-state index contributed by atoms with van der Waals surface area (Å²) in [5.41, 5.74) is 7.85. The van der Waals surface area contributed by atoms with E-state index in [1.54, 1.807) is 11.3 Å². The van der Waals surface area contributed by atoms with E-state index in [4.69, 9.17) is 10.5 Å². The maximum atomic E-state index is 12.3. The van der Waals surface area contributed by atoms with E-state index in [1.165, 1.54) is 0 Å². The molecule has 0 spiro atoms. The van der Waals surface area contributed by atoms with Gasteiger partial charge in [0.2, 0.25) is 0 Å². The third kappa shape index (κ3) is 3.62. The monoisotopic (exact) mass is 278 g/mol. The van der Waals surface area contributed by atoms with Gasteiger partial charge in [0.15, 0.2) is 0 Å². The number of rotatable bonds is 5. The van der Waals surface area contributed by atoms with Crippen LogP contribution in [0.25, 0.3) is 10.6 Å². The first-order chi connectivity index (χ1) is 9.22. The van der Waals surface area contributed by atoms with Gasteiger partial charge in [0.25, 0.3) is 0 Å². The number of aromatic nitrogens is 1. The van der Waals surface area contributed by atoms with Gasteiger partial charge in [0.05, 0.1) is 6.33 Å². The van der Waals surface area contributed by atoms with Crippen molar-refractivity contribution in [2.45, 2.75) is 6.92 Å². The molecule has 0 aliphatic heterocycles. The Balaban J connectivity index is 2.02. The van der Waals surface area contributed by atoms with Crippen molar-refractivity contribution in [2.75, 3.05) is 13.2 Å². The van der Waals surface area contributed by atoms with E-state index in [1.807, 2.05) is 36.6 Å². The van der Waals surface area contributed by atoms with Crippen LogP contribution >= 0.6 is 11.3 Å². The van der Waals surface area contributed by atoms with Crippen molar-refractivity contribution < 1.29 is 9.13 Å². The van der Waals surface area contributed by atoms with Gasteiger partial charge in [-0.05, 0) is 31.2 Å². The SMILES string of the molecule is Cc1csc(-c2ccc(OCC(=CF)CN)cc2)n1. The average molecular weight is 278 g/mol. The zero-order valence-corrected chi connectivity index (χ0v) is 11.4. The summed E-state index contributed by atoms with van der Waals surface area (Å²) >= 11 is 1.61. The normalized spacial score (nSPS) is 11.6. The predicted octanol–water partition coefficient (Wildman–Crippen LogP) is 3.31. The summed E-state index contributed by atoms with van der Waals surface area (Å²) in [6.07, 6.45) is 0.493. The molecule has 100 valence electrons. The molecule has 3 nitrogen and oxygen atoms in total. The Bertz CT molecular complexity index is 563. The van der Waals surface area contributed by atoms with E-state index in [-0.39, 0.29) is 13.2 Å².